The summed E-state index contributed by atoms with van der Waals surface area (Å²) in [5, 5.41) is 18.0. The Hall–Kier alpha value is -2.96. The van der Waals surface area contributed by atoms with Crippen LogP contribution in [0.2, 0.25) is 0 Å². The fraction of sp³-hybridized carbons (Fsp3) is 0.333. The summed E-state index contributed by atoms with van der Waals surface area (Å²) in [7, 11) is 0. The molecule has 0 bridgehead atoms. The summed E-state index contributed by atoms with van der Waals surface area (Å²) in [6, 6.07) is 8.44. The van der Waals surface area contributed by atoms with Crippen LogP contribution in [-0.2, 0) is 6.54 Å². The number of amides is 1. The maximum absolute atomic E-state index is 12.4. The molecule has 0 aliphatic heterocycles. The Bertz CT molecular complexity index is 921. The molecular weight excluding hydrogens is 316 g/mol. The van der Waals surface area contributed by atoms with Gasteiger partial charge in [-0.05, 0) is 38.3 Å². The third-order valence-electron chi connectivity index (χ3n) is 4.47. The van der Waals surface area contributed by atoms with Gasteiger partial charge in [-0.15, -0.1) is 10.2 Å². The van der Waals surface area contributed by atoms with Crippen molar-refractivity contribution < 1.29 is 4.79 Å². The van der Waals surface area contributed by atoms with Crippen LogP contribution >= 0.6 is 0 Å². The second kappa shape index (κ2) is 6.16. The lowest BCUT2D eigenvalue weighted by Gasteiger charge is -2.05. The van der Waals surface area contributed by atoms with Crippen molar-refractivity contribution in [2.24, 2.45) is 0 Å². The highest BCUT2D eigenvalue weighted by Gasteiger charge is 2.26. The largest absolute Gasteiger partial charge is 0.343 e. The van der Waals surface area contributed by atoms with Crippen molar-refractivity contribution in [2.45, 2.75) is 39.3 Å². The van der Waals surface area contributed by atoms with Crippen LogP contribution in [0.4, 0.5) is 0 Å². The number of aromatic nitrogens is 5. The molecule has 1 aliphatic carbocycles. The van der Waals surface area contributed by atoms with Crippen LogP contribution in [0.15, 0.2) is 30.6 Å². The maximum atomic E-state index is 12.4. The molecule has 7 nitrogen and oxygen atoms in total. The number of carbonyl (C=O) groups is 1. The van der Waals surface area contributed by atoms with Gasteiger partial charge in [0.25, 0.3) is 5.91 Å². The van der Waals surface area contributed by atoms with Crippen LogP contribution in [-0.4, -0.2) is 30.9 Å². The summed E-state index contributed by atoms with van der Waals surface area (Å²) < 4.78 is 2.04. The van der Waals surface area contributed by atoms with Crippen molar-refractivity contribution in [3.63, 3.8) is 0 Å². The zero-order chi connectivity index (χ0) is 17.4. The Kier molecular flexibility index (Phi) is 3.83. The van der Waals surface area contributed by atoms with Crippen molar-refractivity contribution in [1.29, 1.82) is 0 Å². The molecule has 0 saturated heterocycles. The average molecular weight is 336 g/mol. The number of nitrogens with one attached hydrogen (secondary N) is 2. The van der Waals surface area contributed by atoms with E-state index < -0.39 is 0 Å². The monoisotopic (exact) mass is 336 g/mol. The molecule has 2 aromatic heterocycles. The molecule has 1 aromatic carbocycles. The molecule has 2 heterocycles. The molecule has 25 heavy (non-hydrogen) atoms. The minimum atomic E-state index is -0.200. The predicted molar refractivity (Wildman–Crippen MR) is 93.0 cm³/mol. The van der Waals surface area contributed by atoms with Crippen LogP contribution in [0.1, 0.15) is 46.3 Å². The molecule has 128 valence electrons. The first-order chi connectivity index (χ1) is 12.1. The summed E-state index contributed by atoms with van der Waals surface area (Å²) in [6.07, 6.45) is 4.03. The number of carbonyl (C=O) groups excluding carboxylic acids is 1. The quantitative estimate of drug-likeness (QED) is 0.749. The topological polar surface area (TPSA) is 88.5 Å². The maximum Gasteiger partial charge on any atom is 0.269 e. The molecule has 1 fully saturated rings. The number of rotatable bonds is 5. The van der Waals surface area contributed by atoms with E-state index in [4.69, 9.17) is 0 Å². The van der Waals surface area contributed by atoms with E-state index in [-0.39, 0.29) is 5.91 Å². The second-order valence-electron chi connectivity index (χ2n) is 6.55. The minimum absolute atomic E-state index is 0.200. The first-order valence-corrected chi connectivity index (χ1v) is 8.41. The Morgan fingerprint density at radius 2 is 2.16 bits per heavy atom. The number of hydrogen-bond acceptors (Lipinski definition) is 4. The SMILES string of the molecule is Cc1ccc(-c2cc(C(=O)NCc3nncn3C3CC3)[nH]n2)c(C)c1. The molecule has 0 spiro atoms. The first-order valence-electron chi connectivity index (χ1n) is 8.41. The lowest BCUT2D eigenvalue weighted by atomic mass is 10.0. The van der Waals surface area contributed by atoms with E-state index >= 15 is 0 Å². The summed E-state index contributed by atoms with van der Waals surface area (Å²) in [5.74, 6) is 0.582. The van der Waals surface area contributed by atoms with Crippen molar-refractivity contribution in [3.8, 4) is 11.3 Å². The Morgan fingerprint density at radius 1 is 1.32 bits per heavy atom. The predicted octanol–water partition coefficient (Wildman–Crippen LogP) is 2.55. The smallest absolute Gasteiger partial charge is 0.269 e. The van der Waals surface area contributed by atoms with E-state index in [1.165, 1.54) is 5.56 Å². The Labute approximate surface area is 145 Å². The molecule has 7 heteroatoms. The Morgan fingerprint density at radius 3 is 2.92 bits per heavy atom. The van der Waals surface area contributed by atoms with E-state index in [9.17, 15) is 4.79 Å². The van der Waals surface area contributed by atoms with Gasteiger partial charge in [-0.25, -0.2) is 0 Å². The third-order valence-corrected chi connectivity index (χ3v) is 4.47. The van der Waals surface area contributed by atoms with Gasteiger partial charge in [0, 0.05) is 11.6 Å². The summed E-state index contributed by atoms with van der Waals surface area (Å²) >= 11 is 0. The zero-order valence-corrected chi connectivity index (χ0v) is 14.3. The number of aryl methyl sites for hydroxylation is 2. The number of aromatic amines is 1. The molecule has 3 aromatic rings. The highest BCUT2D eigenvalue weighted by molar-refractivity contribution is 5.93. The number of H-pyrrole nitrogens is 1. The van der Waals surface area contributed by atoms with Crippen molar-refractivity contribution >= 4 is 5.91 Å². The van der Waals surface area contributed by atoms with Crippen LogP contribution in [0.25, 0.3) is 11.3 Å². The van der Waals surface area contributed by atoms with Crippen molar-refractivity contribution in [3.05, 3.63) is 53.2 Å². The number of benzene rings is 1. The van der Waals surface area contributed by atoms with E-state index in [1.807, 2.05) is 23.6 Å². The van der Waals surface area contributed by atoms with Gasteiger partial charge in [0.15, 0.2) is 5.82 Å². The van der Waals surface area contributed by atoms with E-state index in [1.54, 1.807) is 12.4 Å². The molecule has 1 aliphatic rings. The molecule has 1 saturated carbocycles. The average Bonchev–Trinajstić information content (AvgIpc) is 3.13. The number of nitrogens with zero attached hydrogens (tertiary/aromatic N) is 4. The highest BCUT2D eigenvalue weighted by Crippen LogP contribution is 2.35. The molecule has 1 amide bonds. The van der Waals surface area contributed by atoms with Crippen molar-refractivity contribution in [1.82, 2.24) is 30.3 Å². The molecule has 0 atom stereocenters. The third kappa shape index (κ3) is 3.17. The van der Waals surface area contributed by atoms with Crippen molar-refractivity contribution in [2.75, 3.05) is 0 Å². The van der Waals surface area contributed by atoms with Gasteiger partial charge in [-0.1, -0.05) is 23.8 Å². The fourth-order valence-corrected chi connectivity index (χ4v) is 2.98. The van der Waals surface area contributed by atoms with Crippen LogP contribution in [0, 0.1) is 13.8 Å². The van der Waals surface area contributed by atoms with Crippen LogP contribution in [0.5, 0.6) is 0 Å². The minimum Gasteiger partial charge on any atom is -0.343 e. The van der Waals surface area contributed by atoms with Gasteiger partial charge >= 0.3 is 0 Å². The van der Waals surface area contributed by atoms with Gasteiger partial charge in [-0.2, -0.15) is 5.10 Å². The summed E-state index contributed by atoms with van der Waals surface area (Å²) in [4.78, 5) is 12.4. The van der Waals surface area contributed by atoms with E-state index in [0.29, 0.717) is 18.3 Å². The van der Waals surface area contributed by atoms with Gasteiger partial charge in [0.05, 0.1) is 12.2 Å². The Balaban J connectivity index is 1.46. The van der Waals surface area contributed by atoms with E-state index in [2.05, 4.69) is 38.7 Å². The van der Waals surface area contributed by atoms with E-state index in [0.717, 1.165) is 35.5 Å². The van der Waals surface area contributed by atoms with Gasteiger partial charge in [-0.3, -0.25) is 9.89 Å². The molecule has 0 unspecified atom stereocenters. The molecule has 4 rings (SSSR count). The standard InChI is InChI=1S/C18H20N6O/c1-11-3-6-14(12(2)7-11)15-8-16(22-21-15)18(25)19-9-17-23-20-10-24(17)13-4-5-13/h3,6-8,10,13H,4-5,9H2,1-2H3,(H,19,25)(H,21,22). The van der Waals surface area contributed by atoms with Gasteiger partial charge in [0.2, 0.25) is 0 Å². The first kappa shape index (κ1) is 15.6. The number of hydrogen-bond donors (Lipinski definition) is 2. The zero-order valence-electron chi connectivity index (χ0n) is 14.3. The molecule has 0 radical (unpaired) electrons. The molecular formula is C18H20N6O. The lowest BCUT2D eigenvalue weighted by Crippen LogP contribution is -2.25. The lowest BCUT2D eigenvalue weighted by molar-refractivity contribution is 0.0944. The van der Waals surface area contributed by atoms with Crippen LogP contribution in [0.3, 0.4) is 0 Å². The van der Waals surface area contributed by atoms with Gasteiger partial charge < -0.3 is 9.88 Å². The van der Waals surface area contributed by atoms with Gasteiger partial charge in [0.1, 0.15) is 12.0 Å². The molecule has 2 N–H and O–H groups in total. The second-order valence-corrected chi connectivity index (χ2v) is 6.55. The summed E-state index contributed by atoms with van der Waals surface area (Å²) in [6.45, 7) is 4.45. The normalized spacial score (nSPS) is 13.8. The summed E-state index contributed by atoms with van der Waals surface area (Å²) in [5.41, 5.74) is 4.57. The van der Waals surface area contributed by atoms with Crippen LogP contribution < -0.4 is 5.32 Å². The fourth-order valence-electron chi connectivity index (χ4n) is 2.98. The highest BCUT2D eigenvalue weighted by atomic mass is 16.1.